The molecule has 1 aromatic heterocycles. The highest BCUT2D eigenvalue weighted by molar-refractivity contribution is 9.10. The molecule has 0 spiro atoms. The van der Waals surface area contributed by atoms with E-state index in [9.17, 15) is 18.0 Å². The standard InChI is InChI=1S/C24H29BrN4O5S/c1-5-15(24(2,3)4)7-6-10-27-23(31)19-14-29(11-12-34-19)35(32,33)21-17-13-16(25)8-9-18(17)28-20(21)22(26)30/h5-10,13,19,28H,1,11-12,14H2,2-4H3,(H2,26,30)(H,27,31)/b10-6+,15-7+. The first-order chi connectivity index (χ1) is 16.4. The first-order valence-corrected chi connectivity index (χ1v) is 13.1. The highest BCUT2D eigenvalue weighted by atomic mass is 79.9. The van der Waals surface area contributed by atoms with E-state index in [1.807, 2.05) is 26.8 Å². The molecule has 9 nitrogen and oxygen atoms in total. The van der Waals surface area contributed by atoms with Crippen LogP contribution in [0.3, 0.4) is 0 Å². The summed E-state index contributed by atoms with van der Waals surface area (Å²) in [5.41, 5.74) is 6.61. The zero-order valence-corrected chi connectivity index (χ0v) is 22.2. The molecule has 1 aliphatic heterocycles. The fraction of sp³-hybridized carbons (Fsp3) is 0.333. The van der Waals surface area contributed by atoms with Crippen LogP contribution in [0.15, 0.2) is 64.1 Å². The van der Waals surface area contributed by atoms with Crippen molar-refractivity contribution in [2.75, 3.05) is 19.7 Å². The molecule has 3 rings (SSSR count). The van der Waals surface area contributed by atoms with Gasteiger partial charge in [-0.15, -0.1) is 0 Å². The summed E-state index contributed by atoms with van der Waals surface area (Å²) < 4.78 is 34.5. The Labute approximate surface area is 213 Å². The highest BCUT2D eigenvalue weighted by Gasteiger charge is 2.37. The number of primary amides is 1. The molecule has 11 heteroatoms. The van der Waals surface area contributed by atoms with Crippen molar-refractivity contribution < 1.29 is 22.7 Å². The third-order valence-electron chi connectivity index (χ3n) is 5.56. The molecule has 1 unspecified atom stereocenters. The summed E-state index contributed by atoms with van der Waals surface area (Å²) in [6.45, 7) is 9.78. The minimum Gasteiger partial charge on any atom is -0.366 e. The molecule has 1 atom stereocenters. The van der Waals surface area contributed by atoms with Gasteiger partial charge in [-0.1, -0.05) is 55.4 Å². The maximum absolute atomic E-state index is 13.6. The van der Waals surface area contributed by atoms with Gasteiger partial charge in [0.05, 0.1) is 6.61 Å². The monoisotopic (exact) mass is 564 g/mol. The Kier molecular flexibility index (Phi) is 8.05. The van der Waals surface area contributed by atoms with Crippen LogP contribution in [0, 0.1) is 5.41 Å². The molecule has 2 amide bonds. The lowest BCUT2D eigenvalue weighted by Gasteiger charge is -2.31. The van der Waals surface area contributed by atoms with Gasteiger partial charge in [-0.25, -0.2) is 8.42 Å². The molecule has 0 radical (unpaired) electrons. The summed E-state index contributed by atoms with van der Waals surface area (Å²) in [6.07, 6.45) is 5.72. The first-order valence-electron chi connectivity index (χ1n) is 10.9. The molecular weight excluding hydrogens is 536 g/mol. The molecular formula is C24H29BrN4O5S. The van der Waals surface area contributed by atoms with E-state index < -0.39 is 27.9 Å². The van der Waals surface area contributed by atoms with Gasteiger partial charge in [0.2, 0.25) is 10.0 Å². The van der Waals surface area contributed by atoms with E-state index in [2.05, 4.69) is 32.8 Å². The lowest BCUT2D eigenvalue weighted by atomic mass is 9.86. The van der Waals surface area contributed by atoms with Gasteiger partial charge < -0.3 is 20.8 Å². The number of hydrogen-bond donors (Lipinski definition) is 3. The summed E-state index contributed by atoms with van der Waals surface area (Å²) in [7, 11) is -4.18. The van der Waals surface area contributed by atoms with Gasteiger partial charge in [0, 0.05) is 34.7 Å². The molecule has 1 aromatic carbocycles. The van der Waals surface area contributed by atoms with Gasteiger partial charge in [-0.3, -0.25) is 9.59 Å². The number of carbonyl (C=O) groups excluding carboxylic acids is 2. The molecule has 1 aliphatic rings. The molecule has 1 fully saturated rings. The maximum Gasteiger partial charge on any atom is 0.266 e. The number of nitrogens with zero attached hydrogens (tertiary/aromatic N) is 1. The fourth-order valence-electron chi connectivity index (χ4n) is 3.71. The van der Waals surface area contributed by atoms with Crippen molar-refractivity contribution in [3.63, 3.8) is 0 Å². The molecule has 1 saturated heterocycles. The summed E-state index contributed by atoms with van der Waals surface area (Å²) in [5, 5.41) is 2.95. The summed E-state index contributed by atoms with van der Waals surface area (Å²) in [5.74, 6) is -1.38. The number of allylic oxidation sites excluding steroid dienone is 4. The van der Waals surface area contributed by atoms with Crippen molar-refractivity contribution >= 4 is 48.7 Å². The lowest BCUT2D eigenvalue weighted by Crippen LogP contribution is -2.51. The Morgan fingerprint density at radius 1 is 1.34 bits per heavy atom. The van der Waals surface area contributed by atoms with E-state index in [4.69, 9.17) is 10.5 Å². The van der Waals surface area contributed by atoms with Crippen molar-refractivity contribution in [1.29, 1.82) is 0 Å². The lowest BCUT2D eigenvalue weighted by molar-refractivity contribution is -0.135. The van der Waals surface area contributed by atoms with Crippen molar-refractivity contribution in [3.05, 3.63) is 64.9 Å². The van der Waals surface area contributed by atoms with E-state index in [0.29, 0.717) is 15.4 Å². The van der Waals surface area contributed by atoms with E-state index >= 15 is 0 Å². The van der Waals surface area contributed by atoms with Crippen molar-refractivity contribution in [2.45, 2.75) is 31.8 Å². The van der Waals surface area contributed by atoms with E-state index in [1.165, 1.54) is 6.20 Å². The van der Waals surface area contributed by atoms with Crippen LogP contribution in [0.1, 0.15) is 31.3 Å². The SMILES string of the molecule is C=C/C(=C\C=C\NC(=O)C1CN(S(=O)(=O)c2c(C(N)=O)[nH]c3ccc(Br)cc23)CCO1)C(C)(C)C. The first kappa shape index (κ1) is 26.9. The molecule has 35 heavy (non-hydrogen) atoms. The molecule has 0 saturated carbocycles. The smallest absolute Gasteiger partial charge is 0.266 e. The predicted molar refractivity (Wildman–Crippen MR) is 138 cm³/mol. The van der Waals surface area contributed by atoms with Crippen LogP contribution in [-0.2, 0) is 19.6 Å². The van der Waals surface area contributed by atoms with Crippen LogP contribution < -0.4 is 11.1 Å². The van der Waals surface area contributed by atoms with Gasteiger partial charge in [0.1, 0.15) is 16.7 Å². The Morgan fingerprint density at radius 3 is 2.69 bits per heavy atom. The largest absolute Gasteiger partial charge is 0.366 e. The van der Waals surface area contributed by atoms with Crippen LogP contribution in [0.4, 0.5) is 0 Å². The van der Waals surface area contributed by atoms with E-state index in [0.717, 1.165) is 9.88 Å². The Morgan fingerprint density at radius 2 is 2.06 bits per heavy atom. The van der Waals surface area contributed by atoms with Gasteiger partial charge in [-0.05, 0) is 35.3 Å². The van der Waals surface area contributed by atoms with Crippen LogP contribution in [-0.4, -0.2) is 55.3 Å². The number of sulfonamides is 1. The average molecular weight is 565 g/mol. The summed E-state index contributed by atoms with van der Waals surface area (Å²) in [6, 6.07) is 4.97. The third kappa shape index (κ3) is 5.92. The number of H-pyrrole nitrogens is 1. The van der Waals surface area contributed by atoms with Gasteiger partial charge in [0.25, 0.3) is 11.8 Å². The van der Waals surface area contributed by atoms with Crippen molar-refractivity contribution in [3.8, 4) is 0 Å². The molecule has 4 N–H and O–H groups in total. The topological polar surface area (TPSA) is 135 Å². The molecule has 188 valence electrons. The molecule has 0 aliphatic carbocycles. The van der Waals surface area contributed by atoms with Crippen LogP contribution in [0.25, 0.3) is 10.9 Å². The minimum atomic E-state index is -4.18. The number of carbonyl (C=O) groups is 2. The second kappa shape index (κ2) is 10.5. The fourth-order valence-corrected chi connectivity index (χ4v) is 5.83. The number of aromatic nitrogens is 1. The van der Waals surface area contributed by atoms with Crippen LogP contribution in [0.5, 0.6) is 0 Å². The van der Waals surface area contributed by atoms with Crippen LogP contribution >= 0.6 is 15.9 Å². The summed E-state index contributed by atoms with van der Waals surface area (Å²) in [4.78, 5) is 27.3. The van der Waals surface area contributed by atoms with Crippen molar-refractivity contribution in [1.82, 2.24) is 14.6 Å². The number of nitrogens with two attached hydrogens (primary N) is 1. The normalized spacial score (nSPS) is 18.2. The second-order valence-electron chi connectivity index (χ2n) is 9.05. The number of amides is 2. The molecule has 0 bridgehead atoms. The number of rotatable bonds is 7. The number of benzene rings is 1. The number of hydrogen-bond acceptors (Lipinski definition) is 5. The number of fused-ring (bicyclic) bond motifs is 1. The number of nitrogens with one attached hydrogen (secondary N) is 2. The highest BCUT2D eigenvalue weighted by Crippen LogP contribution is 2.32. The number of morpholine rings is 1. The number of aromatic amines is 1. The zero-order chi connectivity index (χ0) is 26.0. The zero-order valence-electron chi connectivity index (χ0n) is 19.8. The maximum atomic E-state index is 13.6. The minimum absolute atomic E-state index is 0.0174. The predicted octanol–water partition coefficient (Wildman–Crippen LogP) is 3.21. The van der Waals surface area contributed by atoms with Crippen molar-refractivity contribution in [2.24, 2.45) is 11.1 Å². The number of halogens is 1. The molecule has 2 aromatic rings. The number of ether oxygens (including phenoxy) is 1. The average Bonchev–Trinajstić information content (AvgIpc) is 3.18. The summed E-state index contributed by atoms with van der Waals surface area (Å²) >= 11 is 3.33. The second-order valence-corrected chi connectivity index (χ2v) is 11.8. The quantitative estimate of drug-likeness (QED) is 0.444. The van der Waals surface area contributed by atoms with Gasteiger partial charge >= 0.3 is 0 Å². The Hall–Kier alpha value is -2.73. The Balaban J connectivity index is 1.82. The van der Waals surface area contributed by atoms with E-state index in [-0.39, 0.29) is 35.7 Å². The molecule has 2 heterocycles. The van der Waals surface area contributed by atoms with Crippen LogP contribution in [0.2, 0.25) is 0 Å². The van der Waals surface area contributed by atoms with Gasteiger partial charge in [0.15, 0.2) is 0 Å². The van der Waals surface area contributed by atoms with Gasteiger partial charge in [-0.2, -0.15) is 4.31 Å². The Bertz CT molecular complexity index is 1320. The van der Waals surface area contributed by atoms with E-state index in [1.54, 1.807) is 30.4 Å². The third-order valence-corrected chi connectivity index (χ3v) is 8.01.